The Labute approximate surface area is 219 Å². The van der Waals surface area contributed by atoms with Crippen LogP contribution in [0.5, 0.6) is 0 Å². The van der Waals surface area contributed by atoms with Crippen molar-refractivity contribution in [3.8, 4) is 0 Å². The molecule has 0 aromatic rings. The number of epoxide rings is 2. The summed E-state index contributed by atoms with van der Waals surface area (Å²) in [5.74, 6) is -0.224. The molecule has 11 nitrogen and oxygen atoms in total. The fourth-order valence-corrected chi connectivity index (χ4v) is 5.25. The highest BCUT2D eigenvalue weighted by Gasteiger charge is 2.72. The second-order valence-electron chi connectivity index (χ2n) is 10.3. The van der Waals surface area contributed by atoms with Gasteiger partial charge in [0, 0.05) is 26.6 Å². The molecular weight excluding hydrogens is 484 g/mol. The first-order chi connectivity index (χ1) is 17.8. The summed E-state index contributed by atoms with van der Waals surface area (Å²) < 4.78 is 34.6. The summed E-state index contributed by atoms with van der Waals surface area (Å²) in [5.41, 5.74) is 0.631. The number of rotatable bonds is 16. The highest BCUT2D eigenvalue weighted by atomic mass is 16.6. The maximum Gasteiger partial charge on any atom is 0.407 e. The number of allylic oxidation sites excluding steroid dienone is 1. The summed E-state index contributed by atoms with van der Waals surface area (Å²) in [6.45, 7) is 8.91. The number of ether oxygens (including phenoxy) is 6. The maximum atomic E-state index is 12.5. The lowest BCUT2D eigenvalue weighted by molar-refractivity contribution is -0.121. The van der Waals surface area contributed by atoms with E-state index < -0.39 is 6.09 Å². The van der Waals surface area contributed by atoms with Crippen LogP contribution in [0.3, 0.4) is 0 Å². The molecule has 3 aliphatic rings. The summed E-state index contributed by atoms with van der Waals surface area (Å²) in [4.78, 5) is 23.7. The molecule has 0 radical (unpaired) electrons. The third-order valence-electron chi connectivity index (χ3n) is 7.29. The van der Waals surface area contributed by atoms with Gasteiger partial charge in [0.15, 0.2) is 0 Å². The van der Waals surface area contributed by atoms with E-state index in [1.54, 1.807) is 7.11 Å². The number of nitrogens with one attached hydrogen (secondary N) is 2. The van der Waals surface area contributed by atoms with Crippen LogP contribution in [0.15, 0.2) is 11.6 Å². The van der Waals surface area contributed by atoms with Crippen molar-refractivity contribution in [1.29, 1.82) is 0 Å². The SMILES string of the molecule is COC1C(OC(=O)NCCOCCOCCNC(=O)CCO)CC[C@]2(CO2)C1C1(C)O[C@@H]1CC=C(C)C. The lowest BCUT2D eigenvalue weighted by Gasteiger charge is -2.42. The van der Waals surface area contributed by atoms with E-state index >= 15 is 0 Å². The molecular formula is C26H44N2O9. The van der Waals surface area contributed by atoms with E-state index in [2.05, 4.69) is 37.5 Å². The van der Waals surface area contributed by atoms with Crippen LogP contribution < -0.4 is 10.6 Å². The Morgan fingerprint density at radius 1 is 1.11 bits per heavy atom. The van der Waals surface area contributed by atoms with E-state index in [0.717, 1.165) is 12.8 Å². The Kier molecular flexibility index (Phi) is 11.2. The van der Waals surface area contributed by atoms with Gasteiger partial charge in [-0.3, -0.25) is 4.79 Å². The molecule has 1 aliphatic carbocycles. The van der Waals surface area contributed by atoms with Crippen molar-refractivity contribution in [2.75, 3.05) is 59.8 Å². The zero-order valence-electron chi connectivity index (χ0n) is 22.6. The van der Waals surface area contributed by atoms with Crippen molar-refractivity contribution in [1.82, 2.24) is 10.6 Å². The zero-order chi connectivity index (χ0) is 26.9. The Hall–Kier alpha value is -1.76. The Morgan fingerprint density at radius 3 is 2.38 bits per heavy atom. The fourth-order valence-electron chi connectivity index (χ4n) is 5.25. The van der Waals surface area contributed by atoms with Gasteiger partial charge >= 0.3 is 6.09 Å². The van der Waals surface area contributed by atoms with Crippen molar-refractivity contribution in [3.63, 3.8) is 0 Å². The number of amides is 2. The maximum absolute atomic E-state index is 12.5. The molecule has 212 valence electrons. The van der Waals surface area contributed by atoms with Crippen molar-refractivity contribution in [3.05, 3.63) is 11.6 Å². The van der Waals surface area contributed by atoms with Crippen LogP contribution in [0.1, 0.15) is 46.5 Å². The molecule has 4 unspecified atom stereocenters. The highest BCUT2D eigenvalue weighted by molar-refractivity contribution is 5.75. The Morgan fingerprint density at radius 2 is 1.78 bits per heavy atom. The summed E-state index contributed by atoms with van der Waals surface area (Å²) >= 11 is 0. The minimum Gasteiger partial charge on any atom is -0.443 e. The quantitative estimate of drug-likeness (QED) is 0.154. The smallest absolute Gasteiger partial charge is 0.407 e. The lowest BCUT2D eigenvalue weighted by Crippen LogP contribution is -2.56. The van der Waals surface area contributed by atoms with Gasteiger partial charge in [-0.15, -0.1) is 0 Å². The Bertz CT molecular complexity index is 784. The van der Waals surface area contributed by atoms with E-state index in [0.29, 0.717) is 52.5 Å². The molecule has 2 amide bonds. The molecule has 2 heterocycles. The number of carbonyl (C=O) groups excluding carboxylic acids is 2. The third-order valence-corrected chi connectivity index (χ3v) is 7.29. The first-order valence-electron chi connectivity index (χ1n) is 13.2. The van der Waals surface area contributed by atoms with Crippen LogP contribution in [-0.2, 0) is 33.2 Å². The molecule has 2 aliphatic heterocycles. The monoisotopic (exact) mass is 528 g/mol. The van der Waals surface area contributed by atoms with Gasteiger partial charge < -0.3 is 44.2 Å². The number of carbonyl (C=O) groups is 2. The molecule has 2 saturated heterocycles. The van der Waals surface area contributed by atoms with E-state index in [-0.39, 0.29) is 54.4 Å². The summed E-state index contributed by atoms with van der Waals surface area (Å²) in [7, 11) is 1.66. The number of aliphatic hydroxyl groups excluding tert-OH is 1. The van der Waals surface area contributed by atoms with Crippen molar-refractivity contribution < 1.29 is 43.1 Å². The van der Waals surface area contributed by atoms with E-state index in [1.165, 1.54) is 5.57 Å². The normalized spacial score (nSPS) is 32.0. The number of hydrogen-bond acceptors (Lipinski definition) is 9. The topological polar surface area (TPSA) is 140 Å². The summed E-state index contributed by atoms with van der Waals surface area (Å²) in [5, 5.41) is 14.0. The summed E-state index contributed by atoms with van der Waals surface area (Å²) in [6.07, 6.45) is 3.50. The molecule has 0 aromatic heterocycles. The number of aliphatic hydroxyl groups is 1. The van der Waals surface area contributed by atoms with Crippen molar-refractivity contribution in [2.45, 2.75) is 76.0 Å². The first kappa shape index (κ1) is 29.8. The predicted octanol–water partition coefficient (Wildman–Crippen LogP) is 1.32. The third kappa shape index (κ3) is 8.36. The van der Waals surface area contributed by atoms with Crippen LogP contribution >= 0.6 is 0 Å². The van der Waals surface area contributed by atoms with Crippen LogP contribution in [0.25, 0.3) is 0 Å². The van der Waals surface area contributed by atoms with Crippen molar-refractivity contribution in [2.24, 2.45) is 5.92 Å². The van der Waals surface area contributed by atoms with Crippen LogP contribution in [0.4, 0.5) is 4.79 Å². The molecule has 3 rings (SSSR count). The molecule has 37 heavy (non-hydrogen) atoms. The van der Waals surface area contributed by atoms with E-state index in [9.17, 15) is 9.59 Å². The number of methoxy groups -OCH3 is 1. The molecule has 0 aromatic carbocycles. The standard InChI is InChI=1S/C26H44N2O9/c1-18(2)5-6-20-25(3,37-20)23-22(32-4)19(7-9-26(23)17-35-26)36-24(31)28-11-14-34-16-15-33-13-10-27-21(30)8-12-29/h5,19-20,22-23,29H,6-17H2,1-4H3,(H,27,30)(H,28,31)/t19?,20-,22?,23?,25?,26+/m1/s1. The van der Waals surface area contributed by atoms with E-state index in [4.69, 9.17) is 33.5 Å². The van der Waals surface area contributed by atoms with Crippen LogP contribution in [0.2, 0.25) is 0 Å². The minimum absolute atomic E-state index is 0.0153. The Balaban J connectivity index is 1.34. The van der Waals surface area contributed by atoms with Crippen LogP contribution in [0, 0.1) is 5.92 Å². The first-order valence-corrected chi connectivity index (χ1v) is 13.2. The molecule has 6 atom stereocenters. The second kappa shape index (κ2) is 13.9. The molecule has 3 N–H and O–H groups in total. The molecule has 1 spiro atoms. The second-order valence-corrected chi connectivity index (χ2v) is 10.3. The van der Waals surface area contributed by atoms with E-state index in [1.807, 2.05) is 0 Å². The van der Waals surface area contributed by atoms with Gasteiger partial charge in [-0.2, -0.15) is 0 Å². The van der Waals surface area contributed by atoms with Crippen molar-refractivity contribution >= 4 is 12.0 Å². The summed E-state index contributed by atoms with van der Waals surface area (Å²) in [6, 6.07) is 0. The number of hydrogen-bond donors (Lipinski definition) is 3. The molecule has 11 heteroatoms. The van der Waals surface area contributed by atoms with Gasteiger partial charge in [0.25, 0.3) is 0 Å². The van der Waals surface area contributed by atoms with Gasteiger partial charge in [-0.1, -0.05) is 11.6 Å². The number of alkyl carbamates (subject to hydrolysis) is 1. The van der Waals surface area contributed by atoms with Gasteiger partial charge in [0.05, 0.1) is 51.7 Å². The van der Waals surface area contributed by atoms with Gasteiger partial charge in [0.2, 0.25) is 5.91 Å². The minimum atomic E-state index is -0.500. The molecule has 1 saturated carbocycles. The van der Waals surface area contributed by atoms with Gasteiger partial charge in [0.1, 0.15) is 23.4 Å². The zero-order valence-corrected chi connectivity index (χ0v) is 22.6. The fraction of sp³-hybridized carbons (Fsp3) is 0.846. The van der Waals surface area contributed by atoms with Crippen LogP contribution in [-0.4, -0.2) is 106 Å². The average molecular weight is 529 g/mol. The lowest BCUT2D eigenvalue weighted by atomic mass is 9.68. The highest BCUT2D eigenvalue weighted by Crippen LogP contribution is 2.59. The molecule has 0 bridgehead atoms. The van der Waals surface area contributed by atoms with Gasteiger partial charge in [-0.25, -0.2) is 4.79 Å². The molecule has 3 fully saturated rings. The largest absolute Gasteiger partial charge is 0.443 e. The average Bonchev–Trinajstić information content (AvgIpc) is 3.77. The predicted molar refractivity (Wildman–Crippen MR) is 134 cm³/mol. The van der Waals surface area contributed by atoms with Gasteiger partial charge in [-0.05, 0) is 40.0 Å².